The van der Waals surface area contributed by atoms with Gasteiger partial charge >= 0.3 is 0 Å². The molecule has 0 aliphatic rings. The monoisotopic (exact) mass is 258 g/mol. The lowest BCUT2D eigenvalue weighted by Crippen LogP contribution is -2.04. The van der Waals surface area contributed by atoms with Gasteiger partial charge in [-0.3, -0.25) is 0 Å². The van der Waals surface area contributed by atoms with Crippen molar-refractivity contribution in [2.24, 2.45) is 0 Å². The van der Waals surface area contributed by atoms with E-state index in [0.717, 1.165) is 29.5 Å². The fourth-order valence-corrected chi connectivity index (χ4v) is 1.71. The summed E-state index contributed by atoms with van der Waals surface area (Å²) in [7, 11) is 1.67. The number of benzene rings is 1. The molecule has 0 fully saturated rings. The van der Waals surface area contributed by atoms with E-state index in [1.54, 1.807) is 13.4 Å². The van der Waals surface area contributed by atoms with Gasteiger partial charge in [-0.25, -0.2) is 9.97 Å². The van der Waals surface area contributed by atoms with E-state index in [1.165, 1.54) is 0 Å². The second kappa shape index (κ2) is 6.58. The number of hydrogen-bond acceptors (Lipinski definition) is 5. The van der Waals surface area contributed by atoms with Crippen molar-refractivity contribution >= 4 is 11.6 Å². The second-order valence-corrected chi connectivity index (χ2v) is 4.02. The number of methoxy groups -OCH3 is 1. The minimum atomic E-state index is 0.694. The van der Waals surface area contributed by atoms with E-state index in [1.807, 2.05) is 37.3 Å². The van der Waals surface area contributed by atoms with Gasteiger partial charge in [-0.1, -0.05) is 12.1 Å². The number of nitrogens with one attached hydrogen (secondary N) is 2. The predicted octanol–water partition coefficient (Wildman–Crippen LogP) is 2.53. The van der Waals surface area contributed by atoms with Crippen LogP contribution in [0.15, 0.2) is 36.7 Å². The zero-order valence-electron chi connectivity index (χ0n) is 11.2. The molecule has 0 saturated heterocycles. The Morgan fingerprint density at radius 2 is 1.89 bits per heavy atom. The lowest BCUT2D eigenvalue weighted by molar-refractivity contribution is 0.414. The van der Waals surface area contributed by atoms with Crippen LogP contribution in [0.4, 0.5) is 11.6 Å². The Morgan fingerprint density at radius 1 is 1.11 bits per heavy atom. The normalized spacial score (nSPS) is 10.0. The van der Waals surface area contributed by atoms with E-state index >= 15 is 0 Å². The van der Waals surface area contributed by atoms with E-state index in [9.17, 15) is 0 Å². The third kappa shape index (κ3) is 3.84. The maximum atomic E-state index is 5.19. The fourth-order valence-electron chi connectivity index (χ4n) is 1.71. The number of rotatable bonds is 6. The molecule has 0 spiro atoms. The van der Waals surface area contributed by atoms with Gasteiger partial charge < -0.3 is 15.4 Å². The molecule has 1 heterocycles. The molecular formula is C14H18N4O. The van der Waals surface area contributed by atoms with Crippen LogP contribution < -0.4 is 15.4 Å². The molecule has 19 heavy (non-hydrogen) atoms. The summed E-state index contributed by atoms with van der Waals surface area (Å²) in [5, 5.41) is 6.42. The molecule has 0 aliphatic carbocycles. The molecule has 0 unspecified atom stereocenters. The molecular weight excluding hydrogens is 240 g/mol. The van der Waals surface area contributed by atoms with Gasteiger partial charge in [0, 0.05) is 19.2 Å². The topological polar surface area (TPSA) is 59.1 Å². The predicted molar refractivity (Wildman–Crippen MR) is 76.5 cm³/mol. The van der Waals surface area contributed by atoms with Crippen molar-refractivity contribution in [2.75, 3.05) is 24.3 Å². The lowest BCUT2D eigenvalue weighted by atomic mass is 10.2. The number of anilines is 2. The van der Waals surface area contributed by atoms with Crippen molar-refractivity contribution < 1.29 is 4.74 Å². The van der Waals surface area contributed by atoms with Gasteiger partial charge in [-0.15, -0.1) is 0 Å². The van der Waals surface area contributed by atoms with Gasteiger partial charge in [-0.2, -0.15) is 0 Å². The molecule has 0 saturated carbocycles. The van der Waals surface area contributed by atoms with Gasteiger partial charge in [0.15, 0.2) is 0 Å². The van der Waals surface area contributed by atoms with Crippen molar-refractivity contribution in [1.29, 1.82) is 0 Å². The van der Waals surface area contributed by atoms with Gasteiger partial charge in [0.2, 0.25) is 0 Å². The summed E-state index contributed by atoms with van der Waals surface area (Å²) in [5.74, 6) is 2.48. The van der Waals surface area contributed by atoms with Crippen LogP contribution in [0.2, 0.25) is 0 Å². The Balaban J connectivity index is 1.99. The minimum absolute atomic E-state index is 0.694. The Hall–Kier alpha value is -2.30. The first-order valence-electron chi connectivity index (χ1n) is 6.24. The number of nitrogens with zero attached hydrogens (tertiary/aromatic N) is 2. The highest BCUT2D eigenvalue weighted by atomic mass is 16.5. The van der Waals surface area contributed by atoms with Crippen molar-refractivity contribution in [3.63, 3.8) is 0 Å². The van der Waals surface area contributed by atoms with Crippen LogP contribution in [0.25, 0.3) is 0 Å². The van der Waals surface area contributed by atoms with Crippen molar-refractivity contribution in [3.8, 4) is 5.75 Å². The highest BCUT2D eigenvalue weighted by Crippen LogP contribution is 2.14. The SMILES string of the molecule is CCNc1cc(NCc2cccc(OC)c2)ncn1. The smallest absolute Gasteiger partial charge is 0.131 e. The van der Waals surface area contributed by atoms with Crippen molar-refractivity contribution in [1.82, 2.24) is 9.97 Å². The molecule has 0 atom stereocenters. The molecule has 100 valence electrons. The van der Waals surface area contributed by atoms with Gasteiger partial charge in [-0.05, 0) is 24.6 Å². The molecule has 2 aromatic rings. The molecule has 0 radical (unpaired) electrons. The average Bonchev–Trinajstić information content (AvgIpc) is 2.46. The van der Waals surface area contributed by atoms with Crippen molar-refractivity contribution in [2.45, 2.75) is 13.5 Å². The van der Waals surface area contributed by atoms with Gasteiger partial charge in [0.05, 0.1) is 7.11 Å². The maximum absolute atomic E-state index is 5.19. The third-order valence-corrected chi connectivity index (χ3v) is 2.63. The van der Waals surface area contributed by atoms with E-state index in [-0.39, 0.29) is 0 Å². The highest BCUT2D eigenvalue weighted by Gasteiger charge is 1.99. The quantitative estimate of drug-likeness (QED) is 0.833. The summed E-state index contributed by atoms with van der Waals surface area (Å²) in [4.78, 5) is 8.32. The Kier molecular flexibility index (Phi) is 4.55. The van der Waals surface area contributed by atoms with Crippen LogP contribution in [-0.2, 0) is 6.54 Å². The Labute approximate surface area is 113 Å². The van der Waals surface area contributed by atoms with E-state index in [0.29, 0.717) is 6.54 Å². The standard InChI is InChI=1S/C14H18N4O/c1-3-15-13-8-14(18-10-17-13)16-9-11-5-4-6-12(7-11)19-2/h4-8,10H,3,9H2,1-2H3,(H2,15,16,17,18). The summed E-state index contributed by atoms with van der Waals surface area (Å²) >= 11 is 0. The first kappa shape index (κ1) is 13.1. The molecule has 5 nitrogen and oxygen atoms in total. The first-order chi connectivity index (χ1) is 9.31. The fraction of sp³-hybridized carbons (Fsp3) is 0.286. The number of aromatic nitrogens is 2. The molecule has 0 amide bonds. The second-order valence-electron chi connectivity index (χ2n) is 4.02. The first-order valence-corrected chi connectivity index (χ1v) is 6.24. The Bertz CT molecular complexity index is 530. The van der Waals surface area contributed by atoms with Gasteiger partial charge in [0.25, 0.3) is 0 Å². The van der Waals surface area contributed by atoms with E-state index in [4.69, 9.17) is 4.74 Å². The minimum Gasteiger partial charge on any atom is -0.497 e. The Morgan fingerprint density at radius 3 is 2.63 bits per heavy atom. The molecule has 1 aromatic heterocycles. The summed E-state index contributed by atoms with van der Waals surface area (Å²) in [6, 6.07) is 9.84. The van der Waals surface area contributed by atoms with Crippen LogP contribution in [-0.4, -0.2) is 23.6 Å². The molecule has 2 rings (SSSR count). The zero-order chi connectivity index (χ0) is 13.5. The van der Waals surface area contributed by atoms with Crippen LogP contribution in [0.1, 0.15) is 12.5 Å². The van der Waals surface area contributed by atoms with Crippen LogP contribution in [0.5, 0.6) is 5.75 Å². The summed E-state index contributed by atoms with van der Waals surface area (Å²) < 4.78 is 5.19. The van der Waals surface area contributed by atoms with Crippen LogP contribution >= 0.6 is 0 Å². The molecule has 2 N–H and O–H groups in total. The summed E-state index contributed by atoms with van der Waals surface area (Å²) in [6.45, 7) is 3.57. The van der Waals surface area contributed by atoms with Crippen molar-refractivity contribution in [3.05, 3.63) is 42.2 Å². The molecule has 0 bridgehead atoms. The average molecular weight is 258 g/mol. The highest BCUT2D eigenvalue weighted by molar-refractivity contribution is 5.46. The van der Waals surface area contributed by atoms with E-state index in [2.05, 4.69) is 20.6 Å². The molecule has 1 aromatic carbocycles. The maximum Gasteiger partial charge on any atom is 0.131 e. The number of hydrogen-bond donors (Lipinski definition) is 2. The summed E-state index contributed by atoms with van der Waals surface area (Å²) in [5.41, 5.74) is 1.14. The molecule has 0 aliphatic heterocycles. The lowest BCUT2D eigenvalue weighted by Gasteiger charge is -2.08. The zero-order valence-corrected chi connectivity index (χ0v) is 11.2. The van der Waals surface area contributed by atoms with Crippen LogP contribution in [0, 0.1) is 0 Å². The van der Waals surface area contributed by atoms with Crippen LogP contribution in [0.3, 0.4) is 0 Å². The summed E-state index contributed by atoms with van der Waals surface area (Å²) in [6.07, 6.45) is 1.55. The number of ether oxygens (including phenoxy) is 1. The van der Waals surface area contributed by atoms with Gasteiger partial charge in [0.1, 0.15) is 23.7 Å². The largest absolute Gasteiger partial charge is 0.497 e. The third-order valence-electron chi connectivity index (χ3n) is 2.63. The molecule has 5 heteroatoms. The van der Waals surface area contributed by atoms with E-state index < -0.39 is 0 Å².